The molecule has 1 saturated carbocycles. The quantitative estimate of drug-likeness (QED) is 0.776. The highest BCUT2D eigenvalue weighted by Crippen LogP contribution is 2.49. The Labute approximate surface area is 135 Å². The summed E-state index contributed by atoms with van der Waals surface area (Å²) in [5, 5.41) is 9.76. The molecule has 2 aliphatic rings. The molecule has 2 aromatic rings. The van der Waals surface area contributed by atoms with Crippen molar-refractivity contribution < 1.29 is 5.11 Å². The average molecular weight is 307 g/mol. The van der Waals surface area contributed by atoms with Crippen LogP contribution in [0, 0.1) is 0 Å². The Hall–Kier alpha value is -2.00. The van der Waals surface area contributed by atoms with E-state index in [2.05, 4.69) is 35.5 Å². The molecule has 2 atom stereocenters. The molecule has 1 aliphatic carbocycles. The Morgan fingerprint density at radius 1 is 1.14 bits per heavy atom. The van der Waals surface area contributed by atoms with Crippen molar-refractivity contribution in [1.29, 1.82) is 0 Å². The lowest BCUT2D eigenvalue weighted by Crippen LogP contribution is -2.40. The van der Waals surface area contributed by atoms with Gasteiger partial charge in [0.25, 0.3) is 0 Å². The van der Waals surface area contributed by atoms with Crippen LogP contribution in [0.5, 0.6) is 5.75 Å². The second-order valence-corrected chi connectivity index (χ2v) is 6.70. The predicted octanol–water partition coefficient (Wildman–Crippen LogP) is 4.68. The molecule has 1 aliphatic heterocycles. The first-order valence-corrected chi connectivity index (χ1v) is 8.07. The summed E-state index contributed by atoms with van der Waals surface area (Å²) in [5.41, 5.74) is 3.27. The zero-order valence-corrected chi connectivity index (χ0v) is 13.0. The third-order valence-electron chi connectivity index (χ3n) is 4.94. The highest BCUT2D eigenvalue weighted by molar-refractivity contribution is 7.80. The molecule has 2 nitrogen and oxygen atoms in total. The van der Waals surface area contributed by atoms with Crippen LogP contribution in [0.4, 0.5) is 5.69 Å². The van der Waals surface area contributed by atoms with Crippen LogP contribution in [0.3, 0.4) is 0 Å². The number of para-hydroxylation sites is 1. The first-order chi connectivity index (χ1) is 10.7. The van der Waals surface area contributed by atoms with Crippen molar-refractivity contribution in [3.8, 4) is 5.75 Å². The molecule has 1 spiro atoms. The molecule has 0 radical (unpaired) electrons. The summed E-state index contributed by atoms with van der Waals surface area (Å²) in [5.74, 6) is 0.733. The number of aromatic hydroxyl groups is 1. The lowest BCUT2D eigenvalue weighted by molar-refractivity contribution is 0.467. The molecule has 0 saturated heterocycles. The number of fused-ring (bicyclic) bond motifs is 2. The van der Waals surface area contributed by atoms with Crippen LogP contribution in [-0.4, -0.2) is 16.2 Å². The Kier molecular flexibility index (Phi) is 3.12. The molecule has 1 N–H and O–H groups in total. The van der Waals surface area contributed by atoms with Crippen LogP contribution < -0.4 is 0 Å². The van der Waals surface area contributed by atoms with Gasteiger partial charge in [0.15, 0.2) is 0 Å². The zero-order chi connectivity index (χ0) is 15.2. The fourth-order valence-electron chi connectivity index (χ4n) is 3.79. The Balaban J connectivity index is 1.75. The second kappa shape index (κ2) is 5.03. The lowest BCUT2D eigenvalue weighted by atomic mass is 9.65. The number of rotatable bonds is 1. The van der Waals surface area contributed by atoms with E-state index in [-0.39, 0.29) is 5.41 Å². The summed E-state index contributed by atoms with van der Waals surface area (Å²) < 4.78 is 0. The van der Waals surface area contributed by atoms with Gasteiger partial charge in [0, 0.05) is 11.1 Å². The highest BCUT2D eigenvalue weighted by atomic mass is 32.1. The molecular weight excluding hydrogens is 290 g/mol. The number of hydrogen-bond donors (Lipinski definition) is 1. The SMILES string of the molecule is Oc1cccc(C2CCC(=S)C3(C=Nc4ccccc43)C2)c1. The summed E-state index contributed by atoms with van der Waals surface area (Å²) in [6.45, 7) is 0. The predicted molar refractivity (Wildman–Crippen MR) is 93.6 cm³/mol. The van der Waals surface area contributed by atoms with Crippen LogP contribution in [0.2, 0.25) is 0 Å². The zero-order valence-electron chi connectivity index (χ0n) is 12.2. The number of hydrogen-bond acceptors (Lipinski definition) is 3. The molecule has 1 heterocycles. The maximum atomic E-state index is 9.76. The van der Waals surface area contributed by atoms with Crippen molar-refractivity contribution in [2.24, 2.45) is 4.99 Å². The molecule has 4 rings (SSSR count). The van der Waals surface area contributed by atoms with Crippen LogP contribution in [0.1, 0.15) is 36.3 Å². The fraction of sp³-hybridized carbons (Fsp3) is 0.263. The number of nitrogens with zero attached hydrogens (tertiary/aromatic N) is 1. The van der Waals surface area contributed by atoms with Gasteiger partial charge in [-0.25, -0.2) is 0 Å². The van der Waals surface area contributed by atoms with Gasteiger partial charge in [-0.15, -0.1) is 0 Å². The van der Waals surface area contributed by atoms with Gasteiger partial charge in [-0.05, 0) is 54.5 Å². The summed E-state index contributed by atoms with van der Waals surface area (Å²) in [4.78, 5) is 5.71. The summed E-state index contributed by atoms with van der Waals surface area (Å²) in [6, 6.07) is 15.9. The normalized spacial score (nSPS) is 26.4. The van der Waals surface area contributed by atoms with Crippen LogP contribution in [-0.2, 0) is 5.41 Å². The largest absolute Gasteiger partial charge is 0.508 e. The average Bonchev–Trinajstić information content (AvgIpc) is 2.90. The van der Waals surface area contributed by atoms with Crippen molar-refractivity contribution in [2.75, 3.05) is 0 Å². The maximum Gasteiger partial charge on any atom is 0.115 e. The molecule has 110 valence electrons. The summed E-state index contributed by atoms with van der Waals surface area (Å²) in [6.07, 6.45) is 4.96. The number of aliphatic imine (C=N–C) groups is 1. The van der Waals surface area contributed by atoms with E-state index in [0.717, 1.165) is 29.8 Å². The molecule has 22 heavy (non-hydrogen) atoms. The molecule has 2 unspecified atom stereocenters. The topological polar surface area (TPSA) is 32.6 Å². The van der Waals surface area contributed by atoms with Crippen LogP contribution >= 0.6 is 12.2 Å². The van der Waals surface area contributed by atoms with Gasteiger partial charge in [-0.1, -0.05) is 42.5 Å². The number of benzene rings is 2. The van der Waals surface area contributed by atoms with Crippen molar-refractivity contribution in [2.45, 2.75) is 30.6 Å². The minimum atomic E-state index is -0.208. The first kappa shape index (κ1) is 13.6. The highest BCUT2D eigenvalue weighted by Gasteiger charge is 2.44. The van der Waals surface area contributed by atoms with E-state index in [4.69, 9.17) is 12.2 Å². The third-order valence-corrected chi connectivity index (χ3v) is 5.50. The first-order valence-electron chi connectivity index (χ1n) is 7.66. The number of phenolic OH excluding ortho intramolecular Hbond substituents is 1. The minimum Gasteiger partial charge on any atom is -0.508 e. The van der Waals surface area contributed by atoms with Gasteiger partial charge in [-0.3, -0.25) is 4.99 Å². The smallest absolute Gasteiger partial charge is 0.115 e. The van der Waals surface area contributed by atoms with Crippen molar-refractivity contribution in [1.82, 2.24) is 0 Å². The monoisotopic (exact) mass is 307 g/mol. The van der Waals surface area contributed by atoms with Gasteiger partial charge in [0.2, 0.25) is 0 Å². The summed E-state index contributed by atoms with van der Waals surface area (Å²) in [7, 11) is 0. The Morgan fingerprint density at radius 3 is 2.86 bits per heavy atom. The van der Waals surface area contributed by atoms with Crippen LogP contribution in [0.25, 0.3) is 0 Å². The third kappa shape index (κ3) is 2.00. The molecule has 0 aromatic heterocycles. The molecule has 1 fully saturated rings. The summed E-state index contributed by atoms with van der Waals surface area (Å²) >= 11 is 5.74. The van der Waals surface area contributed by atoms with Gasteiger partial charge in [-0.2, -0.15) is 0 Å². The fourth-order valence-corrected chi connectivity index (χ4v) is 4.16. The van der Waals surface area contributed by atoms with E-state index in [1.807, 2.05) is 18.2 Å². The standard InChI is InChI=1S/C19H17NOS/c21-15-5-3-4-13(10-15)14-8-9-18(22)19(11-14)12-20-17-7-2-1-6-16(17)19/h1-7,10,12,14,21H,8-9,11H2. The van der Waals surface area contributed by atoms with E-state index >= 15 is 0 Å². The van der Waals surface area contributed by atoms with Crippen molar-refractivity contribution in [3.63, 3.8) is 0 Å². The number of thiocarbonyl (C=S) groups is 1. The van der Waals surface area contributed by atoms with Crippen LogP contribution in [0.15, 0.2) is 53.5 Å². The van der Waals surface area contributed by atoms with E-state index in [0.29, 0.717) is 11.7 Å². The van der Waals surface area contributed by atoms with Gasteiger partial charge in [0.1, 0.15) is 5.75 Å². The maximum absolute atomic E-state index is 9.76. The van der Waals surface area contributed by atoms with Gasteiger partial charge < -0.3 is 5.11 Å². The molecule has 2 aromatic carbocycles. The molecule has 0 bridgehead atoms. The molecule has 3 heteroatoms. The Bertz CT molecular complexity index is 783. The van der Waals surface area contributed by atoms with Gasteiger partial charge >= 0.3 is 0 Å². The van der Waals surface area contributed by atoms with E-state index in [1.165, 1.54) is 11.1 Å². The van der Waals surface area contributed by atoms with E-state index in [9.17, 15) is 5.11 Å². The van der Waals surface area contributed by atoms with Crippen molar-refractivity contribution >= 4 is 29.0 Å². The van der Waals surface area contributed by atoms with E-state index < -0.39 is 0 Å². The van der Waals surface area contributed by atoms with E-state index in [1.54, 1.807) is 6.07 Å². The minimum absolute atomic E-state index is 0.208. The number of phenols is 1. The molecule has 0 amide bonds. The molecular formula is C19H17NOS. The Morgan fingerprint density at radius 2 is 2.00 bits per heavy atom. The van der Waals surface area contributed by atoms with Gasteiger partial charge in [0.05, 0.1) is 11.1 Å². The second-order valence-electron chi connectivity index (χ2n) is 6.20. The van der Waals surface area contributed by atoms with Crippen molar-refractivity contribution in [3.05, 3.63) is 59.7 Å². The lowest BCUT2D eigenvalue weighted by Gasteiger charge is -2.38.